The molecule has 1 aromatic rings. The smallest absolute Gasteiger partial charge is 0.223 e. The maximum absolute atomic E-state index is 10.8. The van der Waals surface area contributed by atoms with Crippen LogP contribution in [0.2, 0.25) is 0 Å². The van der Waals surface area contributed by atoms with Gasteiger partial charge in [0.1, 0.15) is 6.29 Å². The number of nitrogens with zero attached hydrogens (tertiary/aromatic N) is 1. The van der Waals surface area contributed by atoms with E-state index in [1.54, 1.807) is 6.92 Å². The number of carbonyl (C=O) groups is 1. The van der Waals surface area contributed by atoms with Crippen LogP contribution >= 0.6 is 0 Å². The largest absolute Gasteiger partial charge is 0.503 e. The second-order valence-corrected chi connectivity index (χ2v) is 2.43. The molecule has 0 amide bonds. The summed E-state index contributed by atoms with van der Waals surface area (Å²) in [5.41, 5.74) is -0.00995. The summed E-state index contributed by atoms with van der Waals surface area (Å²) in [4.78, 5) is 21.0. The number of hydrogen-bond donors (Lipinski definition) is 1. The fourth-order valence-corrected chi connectivity index (χ4v) is 0.941. The number of aromatic hydroxyl groups is 1. The summed E-state index contributed by atoms with van der Waals surface area (Å²) in [6, 6.07) is 1.23. The van der Waals surface area contributed by atoms with Gasteiger partial charge >= 0.3 is 0 Å². The summed E-state index contributed by atoms with van der Waals surface area (Å²) in [5.74, 6) is -0.292. The van der Waals surface area contributed by atoms with Gasteiger partial charge in [0.25, 0.3) is 0 Å². The molecule has 0 bridgehead atoms. The Morgan fingerprint density at radius 1 is 1.67 bits per heavy atom. The Morgan fingerprint density at radius 3 is 2.92 bits per heavy atom. The van der Waals surface area contributed by atoms with Crippen molar-refractivity contribution < 1.29 is 9.90 Å². The lowest BCUT2D eigenvalue weighted by molar-refractivity contribution is -0.108. The van der Waals surface area contributed by atoms with Crippen LogP contribution in [0.4, 0.5) is 0 Å². The molecule has 12 heavy (non-hydrogen) atoms. The van der Waals surface area contributed by atoms with Crippen molar-refractivity contribution in [3.05, 3.63) is 28.2 Å². The highest BCUT2D eigenvalue weighted by molar-refractivity contribution is 5.49. The van der Waals surface area contributed by atoms with Crippen molar-refractivity contribution in [2.24, 2.45) is 0 Å². The fourth-order valence-electron chi connectivity index (χ4n) is 0.941. The summed E-state index contributed by atoms with van der Waals surface area (Å²) in [6.07, 6.45) is 2.18. The van der Waals surface area contributed by atoms with E-state index in [1.807, 2.05) is 0 Å². The second kappa shape index (κ2) is 3.21. The van der Waals surface area contributed by atoms with Crippen LogP contribution in [-0.2, 0) is 11.3 Å². The molecule has 0 aliphatic rings. The van der Waals surface area contributed by atoms with E-state index in [0.717, 1.165) is 0 Å². The minimum atomic E-state index is -0.422. The molecule has 0 atom stereocenters. The van der Waals surface area contributed by atoms with Crippen LogP contribution in [0.15, 0.2) is 17.1 Å². The Bertz CT molecular complexity index is 354. The SMILES string of the molecule is Cc1c(O)c(=O)ccn1CC=O. The van der Waals surface area contributed by atoms with Crippen molar-refractivity contribution in [2.45, 2.75) is 13.5 Å². The Morgan fingerprint density at radius 2 is 2.33 bits per heavy atom. The van der Waals surface area contributed by atoms with Crippen LogP contribution in [-0.4, -0.2) is 16.0 Å². The van der Waals surface area contributed by atoms with Gasteiger partial charge in [-0.25, -0.2) is 0 Å². The average Bonchev–Trinajstić information content (AvgIpc) is 2.07. The summed E-state index contributed by atoms with van der Waals surface area (Å²) in [6.45, 7) is 1.74. The molecule has 0 aromatic carbocycles. The maximum atomic E-state index is 10.8. The monoisotopic (exact) mass is 167 g/mol. The molecule has 0 unspecified atom stereocenters. The second-order valence-electron chi connectivity index (χ2n) is 2.43. The van der Waals surface area contributed by atoms with Crippen molar-refractivity contribution in [3.8, 4) is 5.75 Å². The molecule has 1 aromatic heterocycles. The molecule has 64 valence electrons. The third kappa shape index (κ3) is 1.37. The van der Waals surface area contributed by atoms with E-state index in [0.29, 0.717) is 12.0 Å². The number of pyridine rings is 1. The highest BCUT2D eigenvalue weighted by Gasteiger charge is 2.03. The van der Waals surface area contributed by atoms with E-state index in [9.17, 15) is 9.59 Å². The van der Waals surface area contributed by atoms with Crippen molar-refractivity contribution in [3.63, 3.8) is 0 Å². The van der Waals surface area contributed by atoms with Gasteiger partial charge < -0.3 is 14.5 Å². The normalized spacial score (nSPS) is 9.75. The van der Waals surface area contributed by atoms with E-state index in [-0.39, 0.29) is 12.3 Å². The molecule has 0 saturated heterocycles. The summed E-state index contributed by atoms with van der Waals surface area (Å²) < 4.78 is 1.50. The fraction of sp³-hybridized carbons (Fsp3) is 0.250. The van der Waals surface area contributed by atoms with E-state index in [1.165, 1.54) is 16.8 Å². The lowest BCUT2D eigenvalue weighted by Crippen LogP contribution is -2.10. The van der Waals surface area contributed by atoms with Gasteiger partial charge in [0, 0.05) is 12.3 Å². The van der Waals surface area contributed by atoms with Crippen molar-refractivity contribution in [1.82, 2.24) is 4.57 Å². The molecule has 0 fully saturated rings. The van der Waals surface area contributed by atoms with Gasteiger partial charge in [0.05, 0.1) is 12.2 Å². The molecule has 1 rings (SSSR count). The van der Waals surface area contributed by atoms with Gasteiger partial charge in [-0.05, 0) is 6.92 Å². The first-order chi connectivity index (χ1) is 5.66. The van der Waals surface area contributed by atoms with Gasteiger partial charge in [0.15, 0.2) is 5.75 Å². The molecule has 0 aliphatic heterocycles. The molecule has 0 aliphatic carbocycles. The molecule has 0 radical (unpaired) electrons. The van der Waals surface area contributed by atoms with E-state index < -0.39 is 5.43 Å². The van der Waals surface area contributed by atoms with E-state index >= 15 is 0 Å². The minimum Gasteiger partial charge on any atom is -0.503 e. The Balaban J connectivity index is 3.26. The summed E-state index contributed by atoms with van der Waals surface area (Å²) in [5, 5.41) is 9.16. The molecule has 0 saturated carbocycles. The lowest BCUT2D eigenvalue weighted by Gasteiger charge is -2.06. The number of carbonyl (C=O) groups excluding carboxylic acids is 1. The van der Waals surface area contributed by atoms with Crippen LogP contribution in [0.3, 0.4) is 0 Å². The Labute approximate surface area is 69.1 Å². The predicted molar refractivity (Wildman–Crippen MR) is 43.2 cm³/mol. The van der Waals surface area contributed by atoms with Gasteiger partial charge in [-0.1, -0.05) is 0 Å². The minimum absolute atomic E-state index is 0.152. The van der Waals surface area contributed by atoms with Crippen LogP contribution in [0.1, 0.15) is 5.69 Å². The molecule has 4 heteroatoms. The number of aldehydes is 1. The quantitative estimate of drug-likeness (QED) is 0.633. The highest BCUT2D eigenvalue weighted by Crippen LogP contribution is 2.07. The van der Waals surface area contributed by atoms with Crippen molar-refractivity contribution in [2.75, 3.05) is 0 Å². The van der Waals surface area contributed by atoms with E-state index in [2.05, 4.69) is 0 Å². The first kappa shape index (κ1) is 8.52. The number of rotatable bonds is 2. The molecular weight excluding hydrogens is 158 g/mol. The average molecular weight is 167 g/mol. The van der Waals surface area contributed by atoms with Crippen LogP contribution in [0.5, 0.6) is 5.75 Å². The topological polar surface area (TPSA) is 59.3 Å². The first-order valence-corrected chi connectivity index (χ1v) is 3.49. The zero-order valence-electron chi connectivity index (χ0n) is 6.65. The molecule has 1 heterocycles. The summed E-state index contributed by atoms with van der Waals surface area (Å²) >= 11 is 0. The molecule has 4 nitrogen and oxygen atoms in total. The zero-order valence-corrected chi connectivity index (χ0v) is 6.65. The van der Waals surface area contributed by atoms with Gasteiger partial charge in [-0.3, -0.25) is 4.79 Å². The first-order valence-electron chi connectivity index (χ1n) is 3.49. The predicted octanol–water partition coefficient (Wildman–Crippen LogP) is 0.0612. The van der Waals surface area contributed by atoms with Crippen LogP contribution in [0, 0.1) is 6.92 Å². The summed E-state index contributed by atoms with van der Waals surface area (Å²) in [7, 11) is 0. The van der Waals surface area contributed by atoms with Crippen molar-refractivity contribution in [1.29, 1.82) is 0 Å². The Hall–Kier alpha value is -1.58. The van der Waals surface area contributed by atoms with Gasteiger partial charge in [0.2, 0.25) is 5.43 Å². The van der Waals surface area contributed by atoms with Gasteiger partial charge in [-0.15, -0.1) is 0 Å². The van der Waals surface area contributed by atoms with Crippen LogP contribution in [0.25, 0.3) is 0 Å². The van der Waals surface area contributed by atoms with Gasteiger partial charge in [-0.2, -0.15) is 0 Å². The Kier molecular flexibility index (Phi) is 2.28. The third-order valence-corrected chi connectivity index (χ3v) is 1.68. The lowest BCUT2D eigenvalue weighted by atomic mass is 10.3. The standard InChI is InChI=1S/C8H9NO3/c1-6-8(12)7(11)2-3-9(6)4-5-10/h2-3,5,12H,4H2,1H3. The van der Waals surface area contributed by atoms with Crippen molar-refractivity contribution >= 4 is 6.29 Å². The zero-order chi connectivity index (χ0) is 9.14. The number of hydrogen-bond acceptors (Lipinski definition) is 3. The number of aromatic nitrogens is 1. The molecule has 1 N–H and O–H groups in total. The molecular formula is C8H9NO3. The van der Waals surface area contributed by atoms with E-state index in [4.69, 9.17) is 5.11 Å². The molecule has 0 spiro atoms. The maximum Gasteiger partial charge on any atom is 0.223 e. The third-order valence-electron chi connectivity index (χ3n) is 1.68. The van der Waals surface area contributed by atoms with Crippen LogP contribution < -0.4 is 5.43 Å². The highest BCUT2D eigenvalue weighted by atomic mass is 16.3.